The summed E-state index contributed by atoms with van der Waals surface area (Å²) in [7, 11) is 0. The van der Waals surface area contributed by atoms with Gasteiger partial charge in [-0.05, 0) is 36.4 Å². The highest BCUT2D eigenvalue weighted by atomic mass is 19.1. The van der Waals surface area contributed by atoms with Crippen LogP contribution in [0.15, 0.2) is 48.8 Å². The molecule has 0 fully saturated rings. The second kappa shape index (κ2) is 7.64. The van der Waals surface area contributed by atoms with E-state index in [0.29, 0.717) is 0 Å². The van der Waals surface area contributed by atoms with Crippen molar-refractivity contribution in [2.24, 2.45) is 0 Å². The Hall–Kier alpha value is -3.29. The van der Waals surface area contributed by atoms with Crippen molar-refractivity contribution in [3.63, 3.8) is 0 Å². The van der Waals surface area contributed by atoms with Crippen molar-refractivity contribution >= 4 is 17.7 Å². The summed E-state index contributed by atoms with van der Waals surface area (Å²) in [4.78, 5) is 38.7. The fraction of sp³-hybridized carbons (Fsp3) is 0.0667. The SMILES string of the molecule is O=C(CNC(=O)c1ccc(F)cc1)NNC(=O)c1cccnc1. The lowest BCUT2D eigenvalue weighted by Gasteiger charge is -2.08. The number of amides is 3. The van der Waals surface area contributed by atoms with Crippen molar-refractivity contribution in [2.75, 3.05) is 6.54 Å². The molecule has 2 aromatic rings. The summed E-state index contributed by atoms with van der Waals surface area (Å²) in [5, 5.41) is 2.34. The van der Waals surface area contributed by atoms with Crippen LogP contribution >= 0.6 is 0 Å². The minimum atomic E-state index is -0.613. The summed E-state index contributed by atoms with van der Waals surface area (Å²) in [6.45, 7) is -0.344. The number of halogens is 1. The number of carbonyl (C=O) groups is 3. The molecule has 0 unspecified atom stereocenters. The standard InChI is InChI=1S/C15H13FN4O3/c16-12-5-3-10(4-6-12)14(22)18-9-13(21)19-20-15(23)11-2-1-7-17-8-11/h1-8H,9H2,(H,18,22)(H,19,21)(H,20,23). The summed E-state index contributed by atoms with van der Waals surface area (Å²) in [6, 6.07) is 8.00. The number of carbonyl (C=O) groups excluding carboxylic acids is 3. The molecule has 8 heteroatoms. The third-order valence-corrected chi connectivity index (χ3v) is 2.76. The van der Waals surface area contributed by atoms with Gasteiger partial charge in [-0.2, -0.15) is 0 Å². The van der Waals surface area contributed by atoms with Gasteiger partial charge in [0.25, 0.3) is 17.7 Å². The topological polar surface area (TPSA) is 100 Å². The van der Waals surface area contributed by atoms with Gasteiger partial charge in [0.05, 0.1) is 12.1 Å². The number of benzene rings is 1. The van der Waals surface area contributed by atoms with Crippen LogP contribution in [0.2, 0.25) is 0 Å². The van der Waals surface area contributed by atoms with Crippen LogP contribution in [0.5, 0.6) is 0 Å². The van der Waals surface area contributed by atoms with E-state index < -0.39 is 23.5 Å². The van der Waals surface area contributed by atoms with Crippen LogP contribution in [0.25, 0.3) is 0 Å². The molecule has 1 heterocycles. The van der Waals surface area contributed by atoms with E-state index >= 15 is 0 Å². The maximum absolute atomic E-state index is 12.7. The first-order valence-corrected chi connectivity index (χ1v) is 6.59. The smallest absolute Gasteiger partial charge is 0.271 e. The van der Waals surface area contributed by atoms with E-state index in [1.807, 2.05) is 0 Å². The zero-order valence-electron chi connectivity index (χ0n) is 11.9. The fourth-order valence-electron chi connectivity index (χ4n) is 1.60. The van der Waals surface area contributed by atoms with Crippen molar-refractivity contribution in [1.82, 2.24) is 21.2 Å². The zero-order chi connectivity index (χ0) is 16.7. The minimum absolute atomic E-state index is 0.221. The van der Waals surface area contributed by atoms with Crippen molar-refractivity contribution < 1.29 is 18.8 Å². The highest BCUT2D eigenvalue weighted by Crippen LogP contribution is 2.02. The first kappa shape index (κ1) is 16.1. The molecule has 7 nitrogen and oxygen atoms in total. The van der Waals surface area contributed by atoms with Crippen LogP contribution < -0.4 is 16.2 Å². The quantitative estimate of drug-likeness (QED) is 0.711. The molecule has 118 valence electrons. The number of nitrogens with one attached hydrogen (secondary N) is 3. The van der Waals surface area contributed by atoms with E-state index in [-0.39, 0.29) is 17.7 Å². The maximum Gasteiger partial charge on any atom is 0.271 e. The predicted octanol–water partition coefficient (Wildman–Crippen LogP) is 0.412. The van der Waals surface area contributed by atoms with E-state index in [1.165, 1.54) is 30.6 Å². The summed E-state index contributed by atoms with van der Waals surface area (Å²) < 4.78 is 12.7. The molecule has 23 heavy (non-hydrogen) atoms. The molecule has 0 spiro atoms. The lowest BCUT2D eigenvalue weighted by Crippen LogP contribution is -2.46. The minimum Gasteiger partial charge on any atom is -0.343 e. The molecule has 0 radical (unpaired) electrons. The van der Waals surface area contributed by atoms with Crippen LogP contribution in [-0.2, 0) is 4.79 Å². The Balaban J connectivity index is 1.76. The van der Waals surface area contributed by atoms with Crippen molar-refractivity contribution in [3.05, 3.63) is 65.7 Å². The molecule has 0 bridgehead atoms. The van der Waals surface area contributed by atoms with Crippen LogP contribution in [0.3, 0.4) is 0 Å². The molecule has 2 rings (SSSR count). The summed E-state index contributed by atoms with van der Waals surface area (Å²) in [5.41, 5.74) is 4.85. The van der Waals surface area contributed by atoms with Gasteiger partial charge in [0, 0.05) is 18.0 Å². The summed E-state index contributed by atoms with van der Waals surface area (Å²) >= 11 is 0. The molecule has 0 aliphatic carbocycles. The Morgan fingerprint density at radius 1 is 0.957 bits per heavy atom. The maximum atomic E-state index is 12.7. The van der Waals surface area contributed by atoms with E-state index in [9.17, 15) is 18.8 Å². The van der Waals surface area contributed by atoms with Crippen LogP contribution in [0, 0.1) is 5.82 Å². The Morgan fingerprint density at radius 3 is 2.35 bits per heavy atom. The number of nitrogens with zero attached hydrogens (tertiary/aromatic N) is 1. The van der Waals surface area contributed by atoms with Crippen molar-refractivity contribution in [1.29, 1.82) is 0 Å². The Morgan fingerprint density at radius 2 is 1.70 bits per heavy atom. The average molecular weight is 316 g/mol. The monoisotopic (exact) mass is 316 g/mol. The normalized spacial score (nSPS) is 9.78. The average Bonchev–Trinajstić information content (AvgIpc) is 2.59. The van der Waals surface area contributed by atoms with Gasteiger partial charge in [-0.25, -0.2) is 4.39 Å². The van der Waals surface area contributed by atoms with Crippen molar-refractivity contribution in [2.45, 2.75) is 0 Å². The molecule has 0 saturated carbocycles. The second-order valence-corrected chi connectivity index (χ2v) is 4.43. The first-order valence-electron chi connectivity index (χ1n) is 6.59. The number of hydrazine groups is 1. The number of aromatic nitrogens is 1. The van der Waals surface area contributed by atoms with E-state index in [1.54, 1.807) is 6.07 Å². The van der Waals surface area contributed by atoms with Crippen molar-refractivity contribution in [3.8, 4) is 0 Å². The van der Waals surface area contributed by atoms with Crippen LogP contribution in [0.4, 0.5) is 4.39 Å². The molecule has 0 aliphatic heterocycles. The molecule has 3 amide bonds. The van der Waals surface area contributed by atoms with Gasteiger partial charge >= 0.3 is 0 Å². The van der Waals surface area contributed by atoms with Gasteiger partial charge in [-0.15, -0.1) is 0 Å². The van der Waals surface area contributed by atoms with Gasteiger partial charge in [0.1, 0.15) is 5.82 Å². The van der Waals surface area contributed by atoms with Gasteiger partial charge < -0.3 is 5.32 Å². The van der Waals surface area contributed by atoms with Gasteiger partial charge in [0.15, 0.2) is 0 Å². The van der Waals surface area contributed by atoms with Crippen LogP contribution in [0.1, 0.15) is 20.7 Å². The Labute approximate surface area is 130 Å². The van der Waals surface area contributed by atoms with Crippen LogP contribution in [-0.4, -0.2) is 29.3 Å². The second-order valence-electron chi connectivity index (χ2n) is 4.43. The summed E-state index contributed by atoms with van der Waals surface area (Å²) in [5.74, 6) is -2.13. The predicted molar refractivity (Wildman–Crippen MR) is 78.6 cm³/mol. The lowest BCUT2D eigenvalue weighted by atomic mass is 10.2. The number of pyridine rings is 1. The largest absolute Gasteiger partial charge is 0.343 e. The fourth-order valence-corrected chi connectivity index (χ4v) is 1.60. The molecule has 0 atom stereocenters. The first-order chi connectivity index (χ1) is 11.1. The highest BCUT2D eigenvalue weighted by molar-refractivity contribution is 5.97. The molecular weight excluding hydrogens is 303 g/mol. The number of hydrogen-bond donors (Lipinski definition) is 3. The van der Waals surface area contributed by atoms with Gasteiger partial charge in [-0.1, -0.05) is 0 Å². The third kappa shape index (κ3) is 4.88. The molecule has 1 aromatic carbocycles. The lowest BCUT2D eigenvalue weighted by molar-refractivity contribution is -0.120. The molecule has 1 aromatic heterocycles. The number of rotatable bonds is 4. The molecular formula is C15H13FN4O3. The third-order valence-electron chi connectivity index (χ3n) is 2.76. The Kier molecular flexibility index (Phi) is 5.35. The summed E-state index contributed by atoms with van der Waals surface area (Å²) in [6.07, 6.45) is 2.86. The zero-order valence-corrected chi connectivity index (χ0v) is 11.9. The van der Waals surface area contributed by atoms with E-state index in [2.05, 4.69) is 21.2 Å². The number of hydrogen-bond acceptors (Lipinski definition) is 4. The highest BCUT2D eigenvalue weighted by Gasteiger charge is 2.10. The van der Waals surface area contributed by atoms with Gasteiger partial charge in [0.2, 0.25) is 0 Å². The van der Waals surface area contributed by atoms with Gasteiger partial charge in [-0.3, -0.25) is 30.2 Å². The molecule has 3 N–H and O–H groups in total. The Bertz CT molecular complexity index is 704. The molecule has 0 aliphatic rings. The molecule has 0 saturated heterocycles. The van der Waals surface area contributed by atoms with E-state index in [0.717, 1.165) is 12.1 Å². The van der Waals surface area contributed by atoms with E-state index in [4.69, 9.17) is 0 Å².